The molecule has 1 aromatic rings. The number of hydrogen-bond donors (Lipinski definition) is 1. The lowest BCUT2D eigenvalue weighted by atomic mass is 10.3. The zero-order valence-electron chi connectivity index (χ0n) is 9.58. The molecule has 0 fully saturated rings. The number of ether oxygens (including phenoxy) is 1. The average Bonchev–Trinajstić information content (AvgIpc) is 2.89. The molecule has 6 nitrogen and oxygen atoms in total. The minimum absolute atomic E-state index is 0.136. The Bertz CT molecular complexity index is 423. The van der Waals surface area contributed by atoms with Crippen molar-refractivity contribution in [2.24, 2.45) is 0 Å². The van der Waals surface area contributed by atoms with E-state index in [-0.39, 0.29) is 4.88 Å². The Kier molecular flexibility index (Phi) is 4.46. The molecule has 0 aliphatic carbocycles. The number of carbonyl (C=O) groups is 1. The lowest BCUT2D eigenvalue weighted by Crippen LogP contribution is -2.36. The number of hydrogen-bond acceptors (Lipinski definition) is 7. The van der Waals surface area contributed by atoms with Crippen LogP contribution in [-0.4, -0.2) is 32.4 Å². The molecule has 96 valence electrons. The predicted molar refractivity (Wildman–Crippen MR) is 61.9 cm³/mol. The maximum atomic E-state index is 12.3. The SMILES string of the molecule is COC(=O)C(O)(c1cccs1)P(=O)(OC)OC. The Hall–Kier alpha value is -0.720. The third-order valence-electron chi connectivity index (χ3n) is 2.21. The minimum atomic E-state index is -4.07. The Labute approximate surface area is 103 Å². The molecule has 1 aromatic heterocycles. The largest absolute Gasteiger partial charge is 0.466 e. The molecule has 0 aliphatic heterocycles. The number of aliphatic hydroxyl groups is 1. The van der Waals surface area contributed by atoms with Gasteiger partial charge < -0.3 is 18.9 Å². The van der Waals surface area contributed by atoms with Crippen LogP contribution in [0.1, 0.15) is 4.88 Å². The fraction of sp³-hybridized carbons (Fsp3) is 0.444. The van der Waals surface area contributed by atoms with Crippen LogP contribution in [-0.2, 0) is 28.5 Å². The first-order valence-corrected chi connectivity index (χ1v) is 6.95. The second kappa shape index (κ2) is 5.29. The first-order valence-electron chi connectivity index (χ1n) is 4.52. The molecule has 1 heterocycles. The Morgan fingerprint density at radius 2 is 2.00 bits per heavy atom. The molecular formula is C9H13O6PS. The minimum Gasteiger partial charge on any atom is -0.466 e. The summed E-state index contributed by atoms with van der Waals surface area (Å²) in [5.74, 6) is -1.09. The molecule has 1 rings (SSSR count). The molecule has 0 aromatic carbocycles. The molecule has 1 N–H and O–H groups in total. The first kappa shape index (κ1) is 14.3. The van der Waals surface area contributed by atoms with Crippen molar-refractivity contribution in [2.45, 2.75) is 5.34 Å². The van der Waals surface area contributed by atoms with Crippen LogP contribution in [0.15, 0.2) is 17.5 Å². The normalized spacial score (nSPS) is 15.3. The van der Waals surface area contributed by atoms with Gasteiger partial charge in [0, 0.05) is 14.2 Å². The van der Waals surface area contributed by atoms with Gasteiger partial charge in [0.2, 0.25) is 0 Å². The van der Waals surface area contributed by atoms with Crippen molar-refractivity contribution in [2.75, 3.05) is 21.3 Å². The van der Waals surface area contributed by atoms with Crippen LogP contribution >= 0.6 is 18.9 Å². The van der Waals surface area contributed by atoms with Crippen molar-refractivity contribution < 1.29 is 28.3 Å². The van der Waals surface area contributed by atoms with Crippen molar-refractivity contribution >= 4 is 24.9 Å². The van der Waals surface area contributed by atoms with Crippen molar-refractivity contribution in [3.05, 3.63) is 22.4 Å². The third kappa shape index (κ3) is 2.17. The van der Waals surface area contributed by atoms with E-state index in [1.807, 2.05) is 0 Å². The van der Waals surface area contributed by atoms with Crippen molar-refractivity contribution in [3.8, 4) is 0 Å². The molecule has 0 radical (unpaired) electrons. The highest BCUT2D eigenvalue weighted by Gasteiger charge is 2.58. The number of methoxy groups -OCH3 is 1. The van der Waals surface area contributed by atoms with Gasteiger partial charge in [-0.1, -0.05) is 6.07 Å². The van der Waals surface area contributed by atoms with Gasteiger partial charge in [0.1, 0.15) is 0 Å². The van der Waals surface area contributed by atoms with Crippen LogP contribution in [0.3, 0.4) is 0 Å². The molecule has 17 heavy (non-hydrogen) atoms. The van der Waals surface area contributed by atoms with Gasteiger partial charge in [-0.15, -0.1) is 11.3 Å². The Morgan fingerprint density at radius 3 is 2.35 bits per heavy atom. The van der Waals surface area contributed by atoms with E-state index in [1.165, 1.54) is 6.07 Å². The van der Waals surface area contributed by atoms with Gasteiger partial charge in [-0.25, -0.2) is 4.79 Å². The van der Waals surface area contributed by atoms with Crippen LogP contribution in [0.4, 0.5) is 0 Å². The summed E-state index contributed by atoms with van der Waals surface area (Å²) in [4.78, 5) is 11.8. The van der Waals surface area contributed by atoms with Gasteiger partial charge in [-0.3, -0.25) is 4.57 Å². The van der Waals surface area contributed by atoms with Crippen molar-refractivity contribution in [1.29, 1.82) is 0 Å². The highest BCUT2D eigenvalue weighted by Crippen LogP contribution is 2.63. The summed E-state index contributed by atoms with van der Waals surface area (Å²) in [6.45, 7) is 0. The number of rotatable bonds is 5. The summed E-state index contributed by atoms with van der Waals surface area (Å²) < 4.78 is 26.1. The first-order chi connectivity index (χ1) is 7.96. The summed E-state index contributed by atoms with van der Waals surface area (Å²) in [5.41, 5.74) is 0. The molecule has 1 atom stereocenters. The van der Waals surface area contributed by atoms with Crippen LogP contribution in [0.25, 0.3) is 0 Å². The Balaban J connectivity index is 3.40. The monoisotopic (exact) mass is 280 g/mol. The predicted octanol–water partition coefficient (Wildman–Crippen LogP) is 1.55. The second-order valence-electron chi connectivity index (χ2n) is 3.00. The molecule has 0 amide bonds. The Morgan fingerprint density at radius 1 is 1.41 bits per heavy atom. The molecule has 1 unspecified atom stereocenters. The number of esters is 1. The standard InChI is InChI=1S/C9H13O6PS/c1-13-8(10)9(11,7-5-4-6-17-7)16(12,14-2)15-3/h4-6,11H,1-3H3. The van der Waals surface area contributed by atoms with Gasteiger partial charge in [0.05, 0.1) is 12.0 Å². The molecule has 0 aliphatic rings. The van der Waals surface area contributed by atoms with Crippen LogP contribution in [0.2, 0.25) is 0 Å². The van der Waals surface area contributed by atoms with Crippen LogP contribution < -0.4 is 0 Å². The third-order valence-corrected chi connectivity index (χ3v) is 5.52. The van der Waals surface area contributed by atoms with Crippen molar-refractivity contribution in [3.63, 3.8) is 0 Å². The highest BCUT2D eigenvalue weighted by molar-refractivity contribution is 7.56. The smallest absolute Gasteiger partial charge is 0.378 e. The maximum Gasteiger partial charge on any atom is 0.378 e. The number of thiophene rings is 1. The molecule has 0 bridgehead atoms. The van der Waals surface area contributed by atoms with E-state index in [1.54, 1.807) is 11.4 Å². The van der Waals surface area contributed by atoms with E-state index in [4.69, 9.17) is 0 Å². The molecule has 0 saturated heterocycles. The van der Waals surface area contributed by atoms with E-state index in [9.17, 15) is 14.5 Å². The zero-order valence-corrected chi connectivity index (χ0v) is 11.3. The average molecular weight is 280 g/mol. The van der Waals surface area contributed by atoms with E-state index in [0.717, 1.165) is 32.7 Å². The number of carbonyl (C=O) groups excluding carboxylic acids is 1. The molecular weight excluding hydrogens is 267 g/mol. The quantitative estimate of drug-likeness (QED) is 0.651. The second-order valence-corrected chi connectivity index (χ2v) is 6.32. The fourth-order valence-electron chi connectivity index (χ4n) is 1.31. The van der Waals surface area contributed by atoms with E-state index in [2.05, 4.69) is 13.8 Å². The highest BCUT2D eigenvalue weighted by atomic mass is 32.1. The summed E-state index contributed by atoms with van der Waals surface area (Å²) in [6, 6.07) is 3.05. The molecule has 8 heteroatoms. The van der Waals surface area contributed by atoms with E-state index in [0.29, 0.717) is 0 Å². The summed E-state index contributed by atoms with van der Waals surface area (Å²) in [7, 11) is -0.815. The summed E-state index contributed by atoms with van der Waals surface area (Å²) in [5, 5.41) is 9.56. The topological polar surface area (TPSA) is 82.1 Å². The van der Waals surface area contributed by atoms with Gasteiger partial charge in [-0.2, -0.15) is 0 Å². The lowest BCUT2D eigenvalue weighted by molar-refractivity contribution is -0.156. The molecule has 0 saturated carbocycles. The van der Waals surface area contributed by atoms with Crippen LogP contribution in [0.5, 0.6) is 0 Å². The van der Waals surface area contributed by atoms with E-state index >= 15 is 0 Å². The van der Waals surface area contributed by atoms with Crippen molar-refractivity contribution in [1.82, 2.24) is 0 Å². The lowest BCUT2D eigenvalue weighted by Gasteiger charge is -2.29. The molecule has 0 spiro atoms. The maximum absolute atomic E-state index is 12.3. The van der Waals surface area contributed by atoms with Gasteiger partial charge in [0.25, 0.3) is 5.34 Å². The fourth-order valence-corrected chi connectivity index (χ4v) is 3.84. The zero-order chi connectivity index (χ0) is 13.1. The van der Waals surface area contributed by atoms with Gasteiger partial charge in [-0.05, 0) is 11.4 Å². The van der Waals surface area contributed by atoms with Crippen LogP contribution in [0, 0.1) is 0 Å². The van der Waals surface area contributed by atoms with E-state index < -0.39 is 18.9 Å². The summed E-state index contributed by atoms with van der Waals surface area (Å²) in [6.07, 6.45) is 0. The van der Waals surface area contributed by atoms with Gasteiger partial charge in [0.15, 0.2) is 0 Å². The van der Waals surface area contributed by atoms with Gasteiger partial charge >= 0.3 is 13.6 Å². The summed E-state index contributed by atoms with van der Waals surface area (Å²) >= 11 is 1.05.